The Morgan fingerprint density at radius 1 is 1.39 bits per heavy atom. The zero-order valence-corrected chi connectivity index (χ0v) is 13.6. The Kier molecular flexibility index (Phi) is 4.61. The summed E-state index contributed by atoms with van der Waals surface area (Å²) in [5.41, 5.74) is 8.98. The zero-order valence-electron chi connectivity index (χ0n) is 12.8. The van der Waals surface area contributed by atoms with Crippen LogP contribution in [0.2, 0.25) is 5.15 Å². The van der Waals surface area contributed by atoms with Crippen LogP contribution in [-0.4, -0.2) is 30.6 Å². The van der Waals surface area contributed by atoms with Gasteiger partial charge in [-0.05, 0) is 24.1 Å². The predicted octanol–water partition coefficient (Wildman–Crippen LogP) is 2.47. The van der Waals surface area contributed by atoms with E-state index in [4.69, 9.17) is 22.1 Å². The normalized spacial score (nSPS) is 17.9. The van der Waals surface area contributed by atoms with Crippen LogP contribution in [0.25, 0.3) is 11.1 Å². The Morgan fingerprint density at radius 3 is 2.74 bits per heavy atom. The number of ether oxygens (including phenoxy) is 1. The van der Waals surface area contributed by atoms with Crippen molar-refractivity contribution in [3.8, 4) is 11.1 Å². The van der Waals surface area contributed by atoms with Crippen LogP contribution >= 0.6 is 11.6 Å². The lowest BCUT2D eigenvalue weighted by Gasteiger charge is -2.24. The number of primary amides is 1. The predicted molar refractivity (Wildman–Crippen MR) is 89.5 cm³/mol. The Hall–Kier alpha value is -1.95. The summed E-state index contributed by atoms with van der Waals surface area (Å²) in [5, 5.41) is 3.58. The summed E-state index contributed by atoms with van der Waals surface area (Å²) in [4.78, 5) is 15.9. The minimum absolute atomic E-state index is 0.0417. The number of amides is 1. The van der Waals surface area contributed by atoms with Crippen LogP contribution in [0.4, 0.5) is 0 Å². The highest BCUT2D eigenvalue weighted by atomic mass is 35.5. The number of halogens is 1. The number of nitrogens with two attached hydrogens (primary N) is 1. The van der Waals surface area contributed by atoms with Crippen molar-refractivity contribution in [2.75, 3.05) is 19.7 Å². The van der Waals surface area contributed by atoms with Crippen LogP contribution in [0.5, 0.6) is 0 Å². The van der Waals surface area contributed by atoms with Crippen molar-refractivity contribution < 1.29 is 9.53 Å². The Labute approximate surface area is 139 Å². The molecule has 2 aromatic rings. The third-order valence-corrected chi connectivity index (χ3v) is 4.14. The number of morpholine rings is 1. The molecule has 0 bridgehead atoms. The molecule has 0 aliphatic carbocycles. The first-order chi connectivity index (χ1) is 11.1. The van der Waals surface area contributed by atoms with Crippen molar-refractivity contribution in [2.24, 2.45) is 5.73 Å². The van der Waals surface area contributed by atoms with Crippen molar-refractivity contribution in [1.82, 2.24) is 10.3 Å². The van der Waals surface area contributed by atoms with Gasteiger partial charge in [-0.15, -0.1) is 0 Å². The van der Waals surface area contributed by atoms with E-state index in [1.165, 1.54) is 0 Å². The molecule has 3 rings (SSSR count). The van der Waals surface area contributed by atoms with Gasteiger partial charge >= 0.3 is 0 Å². The minimum Gasteiger partial charge on any atom is -0.371 e. The molecule has 1 saturated heterocycles. The number of nitrogens with zero attached hydrogens (tertiary/aromatic N) is 1. The second-order valence-corrected chi connectivity index (χ2v) is 5.88. The van der Waals surface area contributed by atoms with Crippen LogP contribution in [-0.2, 0) is 4.74 Å². The van der Waals surface area contributed by atoms with E-state index in [1.54, 1.807) is 13.0 Å². The maximum Gasteiger partial charge on any atom is 0.249 e. The molecule has 5 nitrogen and oxygen atoms in total. The molecule has 1 atom stereocenters. The number of carbonyl (C=O) groups is 1. The molecule has 1 aromatic heterocycles. The van der Waals surface area contributed by atoms with Crippen molar-refractivity contribution in [3.63, 3.8) is 0 Å². The third kappa shape index (κ3) is 3.37. The van der Waals surface area contributed by atoms with Crippen LogP contribution < -0.4 is 11.1 Å². The molecule has 1 aliphatic heterocycles. The molecule has 3 N–H and O–H groups in total. The second kappa shape index (κ2) is 6.66. The van der Waals surface area contributed by atoms with Crippen LogP contribution in [0, 0.1) is 6.92 Å². The molecule has 120 valence electrons. The van der Waals surface area contributed by atoms with E-state index in [0.717, 1.165) is 24.2 Å². The maximum atomic E-state index is 11.7. The first kappa shape index (κ1) is 15.9. The van der Waals surface area contributed by atoms with Gasteiger partial charge in [0, 0.05) is 24.3 Å². The molecule has 0 radical (unpaired) electrons. The summed E-state index contributed by atoms with van der Waals surface area (Å²) >= 11 is 6.25. The molecule has 0 saturated carbocycles. The van der Waals surface area contributed by atoms with Gasteiger partial charge in [0.15, 0.2) is 0 Å². The summed E-state index contributed by atoms with van der Waals surface area (Å²) in [6.45, 7) is 4.14. The SMILES string of the molecule is Cc1cc(C(N)=O)c(-c2ccc([C@@H]3CNCCO3)cc2)c(Cl)n1. The number of hydrogen-bond donors (Lipinski definition) is 2. The van der Waals surface area contributed by atoms with Gasteiger partial charge in [-0.2, -0.15) is 0 Å². The molecular formula is C17H18ClN3O2. The fraction of sp³-hybridized carbons (Fsp3) is 0.294. The maximum absolute atomic E-state index is 11.7. The van der Waals surface area contributed by atoms with Crippen molar-refractivity contribution in [2.45, 2.75) is 13.0 Å². The van der Waals surface area contributed by atoms with Gasteiger partial charge in [-0.3, -0.25) is 4.79 Å². The Bertz CT molecular complexity index is 725. The van der Waals surface area contributed by atoms with Crippen molar-refractivity contribution in [3.05, 3.63) is 52.3 Å². The number of benzene rings is 1. The standard InChI is InChI=1S/C17H18ClN3O2/c1-10-8-13(17(19)22)15(16(18)21-10)12-4-2-11(3-5-12)14-9-20-6-7-23-14/h2-5,8,14,20H,6-7,9H2,1H3,(H2,19,22)/t14-/m0/s1. The third-order valence-electron chi connectivity index (χ3n) is 3.87. The highest BCUT2D eigenvalue weighted by Gasteiger charge is 2.18. The number of aryl methyl sites for hydroxylation is 1. The van der Waals surface area contributed by atoms with Gasteiger partial charge in [0.2, 0.25) is 5.91 Å². The lowest BCUT2D eigenvalue weighted by atomic mass is 9.98. The quantitative estimate of drug-likeness (QED) is 0.847. The first-order valence-corrected chi connectivity index (χ1v) is 7.83. The van der Waals surface area contributed by atoms with E-state index < -0.39 is 5.91 Å². The molecule has 6 heteroatoms. The van der Waals surface area contributed by atoms with Crippen LogP contribution in [0.3, 0.4) is 0 Å². The Morgan fingerprint density at radius 2 is 2.13 bits per heavy atom. The van der Waals surface area contributed by atoms with Gasteiger partial charge < -0.3 is 15.8 Å². The monoisotopic (exact) mass is 331 g/mol. The lowest BCUT2D eigenvalue weighted by Crippen LogP contribution is -2.33. The summed E-state index contributed by atoms with van der Waals surface area (Å²) in [6, 6.07) is 9.45. The summed E-state index contributed by atoms with van der Waals surface area (Å²) in [5.74, 6) is -0.517. The van der Waals surface area contributed by atoms with E-state index >= 15 is 0 Å². The van der Waals surface area contributed by atoms with E-state index in [9.17, 15) is 4.79 Å². The fourth-order valence-electron chi connectivity index (χ4n) is 2.75. The van der Waals surface area contributed by atoms with Crippen molar-refractivity contribution >= 4 is 17.5 Å². The van der Waals surface area contributed by atoms with Gasteiger partial charge in [0.1, 0.15) is 5.15 Å². The molecule has 1 amide bonds. The number of aromatic nitrogens is 1. The van der Waals surface area contributed by atoms with E-state index in [2.05, 4.69) is 10.3 Å². The van der Waals surface area contributed by atoms with Crippen molar-refractivity contribution in [1.29, 1.82) is 0 Å². The molecule has 2 heterocycles. The lowest BCUT2D eigenvalue weighted by molar-refractivity contribution is 0.0277. The number of pyridine rings is 1. The smallest absolute Gasteiger partial charge is 0.249 e. The fourth-order valence-corrected chi connectivity index (χ4v) is 3.09. The van der Waals surface area contributed by atoms with Gasteiger partial charge in [0.25, 0.3) is 0 Å². The molecule has 1 aliphatic rings. The van der Waals surface area contributed by atoms with E-state index in [-0.39, 0.29) is 11.3 Å². The summed E-state index contributed by atoms with van der Waals surface area (Å²) in [6.07, 6.45) is 0.0417. The molecule has 0 unspecified atom stereocenters. The first-order valence-electron chi connectivity index (χ1n) is 7.46. The van der Waals surface area contributed by atoms with E-state index in [1.807, 2.05) is 24.3 Å². The zero-order chi connectivity index (χ0) is 16.4. The largest absolute Gasteiger partial charge is 0.371 e. The summed E-state index contributed by atoms with van der Waals surface area (Å²) in [7, 11) is 0. The number of rotatable bonds is 3. The number of nitrogens with one attached hydrogen (secondary N) is 1. The van der Waals surface area contributed by atoms with Crippen LogP contribution in [0.15, 0.2) is 30.3 Å². The molecule has 1 fully saturated rings. The molecule has 23 heavy (non-hydrogen) atoms. The van der Waals surface area contributed by atoms with Gasteiger partial charge in [-0.25, -0.2) is 4.98 Å². The molecule has 0 spiro atoms. The highest BCUT2D eigenvalue weighted by Crippen LogP contribution is 2.32. The average Bonchev–Trinajstić information content (AvgIpc) is 2.55. The number of hydrogen-bond acceptors (Lipinski definition) is 4. The van der Waals surface area contributed by atoms with Gasteiger partial charge in [0.05, 0.1) is 18.3 Å². The summed E-state index contributed by atoms with van der Waals surface area (Å²) < 4.78 is 5.74. The molecule has 1 aromatic carbocycles. The number of carbonyl (C=O) groups excluding carboxylic acids is 1. The second-order valence-electron chi connectivity index (χ2n) is 5.53. The van der Waals surface area contributed by atoms with Crippen LogP contribution in [0.1, 0.15) is 27.7 Å². The Balaban J connectivity index is 1.97. The van der Waals surface area contributed by atoms with Gasteiger partial charge in [-0.1, -0.05) is 35.9 Å². The van der Waals surface area contributed by atoms with E-state index in [0.29, 0.717) is 23.4 Å². The highest BCUT2D eigenvalue weighted by molar-refractivity contribution is 6.33. The topological polar surface area (TPSA) is 77.2 Å². The average molecular weight is 332 g/mol. The minimum atomic E-state index is -0.517. The molecular weight excluding hydrogens is 314 g/mol.